The monoisotopic (exact) mass is 409 g/mol. The number of nitrogens with zero attached hydrogens (tertiary/aromatic N) is 6. The molecule has 2 aromatic heterocycles. The molecule has 1 aliphatic rings. The molecule has 30 heavy (non-hydrogen) atoms. The molecule has 0 aliphatic carbocycles. The van der Waals surface area contributed by atoms with Gasteiger partial charge in [-0.25, -0.2) is 9.97 Å². The van der Waals surface area contributed by atoms with Gasteiger partial charge in [-0.05, 0) is 13.0 Å². The van der Waals surface area contributed by atoms with E-state index in [2.05, 4.69) is 15.1 Å². The number of hydrogen-bond acceptors (Lipinski definition) is 7. The van der Waals surface area contributed by atoms with Crippen molar-refractivity contribution in [2.24, 2.45) is 5.73 Å². The molecule has 3 heterocycles. The molecule has 10 heteroatoms. The molecule has 0 spiro atoms. The summed E-state index contributed by atoms with van der Waals surface area (Å²) >= 11 is 0. The molecule has 1 fully saturated rings. The SMILES string of the molecule is COc1cnc(N2CCN(C(=O)C(C)n3cc4cccc(C(N)=O)c4n3)CC2)nc1. The van der Waals surface area contributed by atoms with E-state index in [4.69, 9.17) is 10.5 Å². The van der Waals surface area contributed by atoms with Gasteiger partial charge in [0.25, 0.3) is 5.91 Å². The molecule has 0 radical (unpaired) electrons. The molecule has 1 atom stereocenters. The molecule has 10 nitrogen and oxygen atoms in total. The second-order valence-corrected chi connectivity index (χ2v) is 7.13. The first kappa shape index (κ1) is 19.6. The number of aromatic nitrogens is 4. The quantitative estimate of drug-likeness (QED) is 0.663. The molecule has 4 rings (SSSR count). The van der Waals surface area contributed by atoms with Gasteiger partial charge in [-0.15, -0.1) is 0 Å². The fourth-order valence-electron chi connectivity index (χ4n) is 3.54. The molecule has 2 N–H and O–H groups in total. The molecule has 2 amide bonds. The smallest absolute Gasteiger partial charge is 0.250 e. The summed E-state index contributed by atoms with van der Waals surface area (Å²) in [6.45, 7) is 4.20. The fourth-order valence-corrected chi connectivity index (χ4v) is 3.54. The molecule has 0 bridgehead atoms. The standard InChI is InChI=1S/C20H23N7O3/c1-13(27-12-14-4-3-5-16(18(21)28)17(14)24-27)19(29)25-6-8-26(9-7-25)20-22-10-15(30-2)11-23-20/h3-5,10-13H,6-9H2,1-2H3,(H2,21,28). The third kappa shape index (κ3) is 3.63. The van der Waals surface area contributed by atoms with Gasteiger partial charge in [-0.1, -0.05) is 12.1 Å². The van der Waals surface area contributed by atoms with Crippen molar-refractivity contribution in [3.05, 3.63) is 42.4 Å². The Morgan fingerprint density at radius 3 is 2.47 bits per heavy atom. The Labute approximate surface area is 173 Å². The predicted octanol–water partition coefficient (Wildman–Crippen LogP) is 0.844. The highest BCUT2D eigenvalue weighted by atomic mass is 16.5. The molecule has 1 aliphatic heterocycles. The summed E-state index contributed by atoms with van der Waals surface area (Å²) in [5, 5.41) is 5.23. The van der Waals surface area contributed by atoms with E-state index in [1.165, 1.54) is 0 Å². The van der Waals surface area contributed by atoms with Crippen LogP contribution in [0, 0.1) is 0 Å². The number of primary amides is 1. The number of ether oxygens (including phenoxy) is 1. The summed E-state index contributed by atoms with van der Waals surface area (Å²) in [5.74, 6) is 0.654. The van der Waals surface area contributed by atoms with Gasteiger partial charge in [0.15, 0.2) is 5.75 Å². The number of anilines is 1. The number of fused-ring (bicyclic) bond motifs is 1. The van der Waals surface area contributed by atoms with Crippen LogP contribution in [-0.4, -0.2) is 69.8 Å². The van der Waals surface area contributed by atoms with Crippen LogP contribution in [0.3, 0.4) is 0 Å². The van der Waals surface area contributed by atoms with E-state index in [0.717, 1.165) is 5.39 Å². The second-order valence-electron chi connectivity index (χ2n) is 7.13. The van der Waals surface area contributed by atoms with E-state index in [0.29, 0.717) is 49.0 Å². The number of hydrogen-bond donors (Lipinski definition) is 1. The van der Waals surface area contributed by atoms with Gasteiger partial charge >= 0.3 is 0 Å². The summed E-state index contributed by atoms with van der Waals surface area (Å²) in [5.41, 5.74) is 6.29. The molecule has 0 saturated carbocycles. The Bertz CT molecular complexity index is 1070. The van der Waals surface area contributed by atoms with Crippen molar-refractivity contribution in [1.29, 1.82) is 0 Å². The highest BCUT2D eigenvalue weighted by molar-refractivity contribution is 6.04. The number of rotatable bonds is 5. The van der Waals surface area contributed by atoms with E-state index in [9.17, 15) is 9.59 Å². The van der Waals surface area contributed by atoms with Crippen molar-refractivity contribution in [1.82, 2.24) is 24.6 Å². The van der Waals surface area contributed by atoms with Crippen molar-refractivity contribution in [2.75, 3.05) is 38.2 Å². The van der Waals surface area contributed by atoms with Gasteiger partial charge in [0.05, 0.1) is 25.1 Å². The number of carbonyl (C=O) groups excluding carboxylic acids is 2. The van der Waals surface area contributed by atoms with Crippen LogP contribution in [0.4, 0.5) is 5.95 Å². The predicted molar refractivity (Wildman–Crippen MR) is 110 cm³/mol. The molecule has 3 aromatic rings. The Kier molecular flexibility index (Phi) is 5.21. The van der Waals surface area contributed by atoms with Crippen molar-refractivity contribution in [3.63, 3.8) is 0 Å². The summed E-state index contributed by atoms with van der Waals surface area (Å²) < 4.78 is 6.68. The molecule has 1 saturated heterocycles. The van der Waals surface area contributed by atoms with Crippen LogP contribution in [0.15, 0.2) is 36.8 Å². The lowest BCUT2D eigenvalue weighted by atomic mass is 10.1. The van der Waals surface area contributed by atoms with Crippen LogP contribution in [0.25, 0.3) is 10.9 Å². The third-order valence-corrected chi connectivity index (χ3v) is 5.30. The first-order valence-electron chi connectivity index (χ1n) is 9.65. The van der Waals surface area contributed by atoms with Crippen LogP contribution in [0.1, 0.15) is 23.3 Å². The van der Waals surface area contributed by atoms with Gasteiger partial charge < -0.3 is 20.3 Å². The average molecular weight is 409 g/mol. The zero-order valence-electron chi connectivity index (χ0n) is 16.9. The molecule has 1 unspecified atom stereocenters. The first-order chi connectivity index (χ1) is 14.5. The van der Waals surface area contributed by atoms with Gasteiger partial charge in [-0.3, -0.25) is 14.3 Å². The Hall–Kier alpha value is -3.69. The summed E-state index contributed by atoms with van der Waals surface area (Å²) in [7, 11) is 1.57. The number of amides is 2. The maximum absolute atomic E-state index is 13.0. The minimum atomic E-state index is -0.540. The summed E-state index contributed by atoms with van der Waals surface area (Å²) in [4.78, 5) is 37.1. The normalized spacial score (nSPS) is 15.3. The van der Waals surface area contributed by atoms with E-state index < -0.39 is 11.9 Å². The largest absolute Gasteiger partial charge is 0.494 e. The Morgan fingerprint density at radius 2 is 1.83 bits per heavy atom. The number of piperazine rings is 1. The van der Waals surface area contributed by atoms with Gasteiger partial charge in [0, 0.05) is 37.8 Å². The first-order valence-corrected chi connectivity index (χ1v) is 9.65. The maximum atomic E-state index is 13.0. The summed E-state index contributed by atoms with van der Waals surface area (Å²) in [6.07, 6.45) is 5.03. The van der Waals surface area contributed by atoms with Gasteiger partial charge in [-0.2, -0.15) is 5.10 Å². The van der Waals surface area contributed by atoms with E-state index in [1.54, 1.807) is 49.4 Å². The Morgan fingerprint density at radius 1 is 1.13 bits per heavy atom. The van der Waals surface area contributed by atoms with Crippen LogP contribution in [-0.2, 0) is 4.79 Å². The van der Waals surface area contributed by atoms with Gasteiger partial charge in [0.2, 0.25) is 11.9 Å². The van der Waals surface area contributed by atoms with E-state index >= 15 is 0 Å². The molecular formula is C20H23N7O3. The minimum Gasteiger partial charge on any atom is -0.494 e. The number of benzene rings is 1. The van der Waals surface area contributed by atoms with E-state index in [-0.39, 0.29) is 5.91 Å². The van der Waals surface area contributed by atoms with E-state index in [1.807, 2.05) is 15.9 Å². The number of carbonyl (C=O) groups is 2. The van der Waals surface area contributed by atoms with Crippen LogP contribution < -0.4 is 15.4 Å². The van der Waals surface area contributed by atoms with Crippen LogP contribution in [0.5, 0.6) is 5.75 Å². The lowest BCUT2D eigenvalue weighted by Gasteiger charge is -2.35. The lowest BCUT2D eigenvalue weighted by Crippen LogP contribution is -2.50. The number of nitrogens with two attached hydrogens (primary N) is 1. The number of methoxy groups -OCH3 is 1. The zero-order chi connectivity index (χ0) is 21.3. The molecular weight excluding hydrogens is 386 g/mol. The summed E-state index contributed by atoms with van der Waals surface area (Å²) in [6, 6.07) is 4.73. The highest BCUT2D eigenvalue weighted by Crippen LogP contribution is 2.21. The fraction of sp³-hybridized carbons (Fsp3) is 0.350. The molecule has 1 aromatic carbocycles. The topological polar surface area (TPSA) is 119 Å². The van der Waals surface area contributed by atoms with Crippen LogP contribution in [0.2, 0.25) is 0 Å². The van der Waals surface area contributed by atoms with Crippen molar-refractivity contribution in [3.8, 4) is 5.75 Å². The lowest BCUT2D eigenvalue weighted by molar-refractivity contribution is -0.134. The Balaban J connectivity index is 1.44. The van der Waals surface area contributed by atoms with Crippen molar-refractivity contribution >= 4 is 28.7 Å². The minimum absolute atomic E-state index is 0.0290. The van der Waals surface area contributed by atoms with Crippen molar-refractivity contribution in [2.45, 2.75) is 13.0 Å². The molecule has 156 valence electrons. The van der Waals surface area contributed by atoms with Gasteiger partial charge in [0.1, 0.15) is 11.6 Å². The van der Waals surface area contributed by atoms with Crippen molar-refractivity contribution < 1.29 is 14.3 Å². The highest BCUT2D eigenvalue weighted by Gasteiger charge is 2.27. The zero-order valence-corrected chi connectivity index (χ0v) is 16.9. The average Bonchev–Trinajstić information content (AvgIpc) is 3.22. The van der Waals surface area contributed by atoms with Crippen LogP contribution >= 0.6 is 0 Å². The third-order valence-electron chi connectivity index (χ3n) is 5.30. The maximum Gasteiger partial charge on any atom is 0.250 e. The second kappa shape index (κ2) is 7.97.